The van der Waals surface area contributed by atoms with E-state index in [2.05, 4.69) is 4.90 Å². The van der Waals surface area contributed by atoms with Gasteiger partial charge in [0.1, 0.15) is 5.75 Å². The third-order valence-electron chi connectivity index (χ3n) is 4.05. The summed E-state index contributed by atoms with van der Waals surface area (Å²) in [5.74, 6) is 0.153. The van der Waals surface area contributed by atoms with E-state index < -0.39 is 5.91 Å². The Hall–Kier alpha value is -1.63. The van der Waals surface area contributed by atoms with E-state index in [1.807, 2.05) is 23.6 Å². The normalized spacial score (nSPS) is 15.8. The standard InChI is InChI=1S/C17H22N2O3S/c18-17(20)14-11-13-3-10-23-16(13)12-15(14)22-7-2-1-4-19-5-8-21-9-6-19/h3,10-12H,1-2,4-9H2,(H2,18,20). The molecular formula is C17H22N2O3S. The van der Waals surface area contributed by atoms with Gasteiger partial charge in [-0.05, 0) is 48.4 Å². The van der Waals surface area contributed by atoms with Gasteiger partial charge in [0.25, 0.3) is 5.91 Å². The van der Waals surface area contributed by atoms with Gasteiger partial charge in [-0.3, -0.25) is 9.69 Å². The van der Waals surface area contributed by atoms with Crippen molar-refractivity contribution in [1.82, 2.24) is 4.90 Å². The second-order valence-electron chi connectivity index (χ2n) is 5.68. The highest BCUT2D eigenvalue weighted by molar-refractivity contribution is 7.17. The van der Waals surface area contributed by atoms with Gasteiger partial charge in [0.15, 0.2) is 0 Å². The van der Waals surface area contributed by atoms with Crippen LogP contribution in [0.3, 0.4) is 0 Å². The van der Waals surface area contributed by atoms with Crippen LogP contribution in [0.5, 0.6) is 5.75 Å². The number of nitrogens with two attached hydrogens (primary N) is 1. The molecule has 6 heteroatoms. The average Bonchev–Trinajstić information content (AvgIpc) is 3.02. The van der Waals surface area contributed by atoms with Crippen molar-refractivity contribution in [3.05, 3.63) is 29.1 Å². The van der Waals surface area contributed by atoms with E-state index in [9.17, 15) is 4.79 Å². The fraction of sp³-hybridized carbons (Fsp3) is 0.471. The quantitative estimate of drug-likeness (QED) is 0.790. The number of morpholine rings is 1. The zero-order valence-electron chi connectivity index (χ0n) is 13.1. The number of carbonyl (C=O) groups excluding carboxylic acids is 1. The molecule has 0 saturated carbocycles. The van der Waals surface area contributed by atoms with Gasteiger partial charge in [-0.1, -0.05) is 0 Å². The number of thiophene rings is 1. The van der Waals surface area contributed by atoms with Crippen molar-refractivity contribution in [3.8, 4) is 5.75 Å². The van der Waals surface area contributed by atoms with Crippen molar-refractivity contribution in [3.63, 3.8) is 0 Å². The number of rotatable bonds is 7. The average molecular weight is 334 g/mol. The van der Waals surface area contributed by atoms with Crippen LogP contribution >= 0.6 is 11.3 Å². The molecule has 5 nitrogen and oxygen atoms in total. The van der Waals surface area contributed by atoms with Crippen LogP contribution in [0.4, 0.5) is 0 Å². The molecule has 0 radical (unpaired) electrons. The summed E-state index contributed by atoms with van der Waals surface area (Å²) < 4.78 is 12.3. The zero-order valence-corrected chi connectivity index (χ0v) is 13.9. The minimum atomic E-state index is -0.443. The molecule has 2 aromatic rings. The van der Waals surface area contributed by atoms with Gasteiger partial charge >= 0.3 is 0 Å². The minimum Gasteiger partial charge on any atom is -0.493 e. The van der Waals surface area contributed by atoms with Gasteiger partial charge < -0.3 is 15.2 Å². The number of ether oxygens (including phenoxy) is 2. The second kappa shape index (κ2) is 7.77. The molecule has 2 N–H and O–H groups in total. The van der Waals surface area contributed by atoms with E-state index in [0.29, 0.717) is 17.9 Å². The molecule has 1 aromatic heterocycles. The zero-order chi connectivity index (χ0) is 16.1. The van der Waals surface area contributed by atoms with Crippen molar-refractivity contribution in [2.75, 3.05) is 39.5 Å². The number of hydrogen-bond donors (Lipinski definition) is 1. The number of nitrogens with zero attached hydrogens (tertiary/aromatic N) is 1. The Bertz CT molecular complexity index is 665. The summed E-state index contributed by atoms with van der Waals surface area (Å²) >= 11 is 1.63. The Morgan fingerprint density at radius 3 is 2.91 bits per heavy atom. The maximum atomic E-state index is 11.6. The van der Waals surface area contributed by atoms with Gasteiger partial charge in [0.05, 0.1) is 25.4 Å². The van der Waals surface area contributed by atoms with Crippen molar-refractivity contribution in [2.45, 2.75) is 12.8 Å². The Morgan fingerprint density at radius 1 is 1.30 bits per heavy atom. The van der Waals surface area contributed by atoms with E-state index >= 15 is 0 Å². The van der Waals surface area contributed by atoms with Gasteiger partial charge in [-0.15, -0.1) is 11.3 Å². The van der Waals surface area contributed by atoms with Crippen LogP contribution in [0.25, 0.3) is 10.1 Å². The molecule has 0 spiro atoms. The van der Waals surface area contributed by atoms with Crippen LogP contribution in [0.15, 0.2) is 23.6 Å². The Morgan fingerprint density at radius 2 is 2.13 bits per heavy atom. The molecule has 1 aromatic carbocycles. The van der Waals surface area contributed by atoms with Gasteiger partial charge in [-0.2, -0.15) is 0 Å². The molecule has 1 fully saturated rings. The third kappa shape index (κ3) is 4.22. The Kier molecular flexibility index (Phi) is 5.48. The number of carbonyl (C=O) groups is 1. The molecule has 0 atom stereocenters. The minimum absolute atomic E-state index is 0.443. The van der Waals surface area contributed by atoms with Crippen LogP contribution in [0.1, 0.15) is 23.2 Å². The van der Waals surface area contributed by atoms with Crippen LogP contribution in [-0.4, -0.2) is 50.3 Å². The molecule has 124 valence electrons. The molecule has 1 aliphatic rings. The maximum Gasteiger partial charge on any atom is 0.252 e. The summed E-state index contributed by atoms with van der Waals surface area (Å²) in [6.07, 6.45) is 2.03. The fourth-order valence-corrected chi connectivity index (χ4v) is 3.55. The predicted octanol–water partition coefficient (Wildman–Crippen LogP) is 2.49. The van der Waals surface area contributed by atoms with E-state index in [-0.39, 0.29) is 0 Å². The summed E-state index contributed by atoms with van der Waals surface area (Å²) in [6, 6.07) is 5.72. The highest BCUT2D eigenvalue weighted by Gasteiger charge is 2.13. The molecule has 1 aliphatic heterocycles. The van der Waals surface area contributed by atoms with Crippen molar-refractivity contribution in [1.29, 1.82) is 0 Å². The SMILES string of the molecule is NC(=O)c1cc2ccsc2cc1OCCCCN1CCOCC1. The monoisotopic (exact) mass is 334 g/mol. The molecule has 23 heavy (non-hydrogen) atoms. The van der Waals surface area contributed by atoms with Crippen LogP contribution in [0.2, 0.25) is 0 Å². The maximum absolute atomic E-state index is 11.6. The van der Waals surface area contributed by atoms with E-state index in [0.717, 1.165) is 55.8 Å². The van der Waals surface area contributed by atoms with Crippen LogP contribution < -0.4 is 10.5 Å². The van der Waals surface area contributed by atoms with E-state index in [1.165, 1.54) is 0 Å². The van der Waals surface area contributed by atoms with Crippen molar-refractivity contribution in [2.24, 2.45) is 5.73 Å². The molecule has 1 saturated heterocycles. The summed E-state index contributed by atoms with van der Waals surface area (Å²) in [7, 11) is 0. The molecule has 0 aliphatic carbocycles. The number of amides is 1. The lowest BCUT2D eigenvalue weighted by Gasteiger charge is -2.26. The first-order valence-electron chi connectivity index (χ1n) is 7.98. The molecule has 3 rings (SSSR count). The fourth-order valence-electron chi connectivity index (χ4n) is 2.75. The lowest BCUT2D eigenvalue weighted by Crippen LogP contribution is -2.36. The van der Waals surface area contributed by atoms with Crippen LogP contribution in [0, 0.1) is 0 Å². The first-order valence-corrected chi connectivity index (χ1v) is 8.86. The second-order valence-corrected chi connectivity index (χ2v) is 6.63. The number of hydrogen-bond acceptors (Lipinski definition) is 5. The smallest absolute Gasteiger partial charge is 0.252 e. The Balaban J connectivity index is 1.51. The number of benzene rings is 1. The number of fused-ring (bicyclic) bond motifs is 1. The van der Waals surface area contributed by atoms with Crippen LogP contribution in [-0.2, 0) is 4.74 Å². The predicted molar refractivity (Wildman–Crippen MR) is 92.3 cm³/mol. The molecule has 1 amide bonds. The highest BCUT2D eigenvalue weighted by Crippen LogP contribution is 2.29. The molecular weight excluding hydrogens is 312 g/mol. The summed E-state index contributed by atoms with van der Waals surface area (Å²) in [5.41, 5.74) is 5.93. The van der Waals surface area contributed by atoms with Gasteiger partial charge in [0.2, 0.25) is 0 Å². The summed E-state index contributed by atoms with van der Waals surface area (Å²) in [4.78, 5) is 14.0. The van der Waals surface area contributed by atoms with Crippen molar-refractivity contribution >= 4 is 27.3 Å². The topological polar surface area (TPSA) is 64.8 Å². The van der Waals surface area contributed by atoms with E-state index in [1.54, 1.807) is 11.3 Å². The van der Waals surface area contributed by atoms with Gasteiger partial charge in [0, 0.05) is 17.8 Å². The first kappa shape index (κ1) is 16.2. The van der Waals surface area contributed by atoms with Crippen molar-refractivity contribution < 1.29 is 14.3 Å². The number of unbranched alkanes of at least 4 members (excludes halogenated alkanes) is 1. The first-order chi connectivity index (χ1) is 11.2. The third-order valence-corrected chi connectivity index (χ3v) is 4.93. The molecule has 2 heterocycles. The number of primary amides is 1. The molecule has 0 bridgehead atoms. The van der Waals surface area contributed by atoms with Gasteiger partial charge in [-0.25, -0.2) is 0 Å². The Labute approximate surface area is 140 Å². The molecule has 0 unspecified atom stereocenters. The lowest BCUT2D eigenvalue weighted by molar-refractivity contribution is 0.0368. The van der Waals surface area contributed by atoms with E-state index in [4.69, 9.17) is 15.2 Å². The lowest BCUT2D eigenvalue weighted by atomic mass is 10.1. The highest BCUT2D eigenvalue weighted by atomic mass is 32.1. The summed E-state index contributed by atoms with van der Waals surface area (Å²) in [5, 5.41) is 3.03. The summed E-state index contributed by atoms with van der Waals surface area (Å²) in [6.45, 7) is 5.36. The largest absolute Gasteiger partial charge is 0.493 e.